The molecule has 0 nitrogen and oxygen atoms in total. The van der Waals surface area contributed by atoms with E-state index in [1.807, 2.05) is 60.7 Å². The van der Waals surface area contributed by atoms with E-state index in [4.69, 9.17) is 0 Å². The Labute approximate surface area is 153 Å². The SMILES string of the molecule is Fc1cccc(C(c2ccccc2)(c2ccccc2)c2ccccc2)c1. The van der Waals surface area contributed by atoms with Gasteiger partial charge in [-0.25, -0.2) is 4.39 Å². The summed E-state index contributed by atoms with van der Waals surface area (Å²) in [6, 6.07) is 37.9. The van der Waals surface area contributed by atoms with Gasteiger partial charge in [-0.3, -0.25) is 0 Å². The predicted octanol–water partition coefficient (Wildman–Crippen LogP) is 6.21. The van der Waals surface area contributed by atoms with Crippen molar-refractivity contribution >= 4 is 0 Å². The van der Waals surface area contributed by atoms with Crippen molar-refractivity contribution in [2.75, 3.05) is 0 Å². The van der Waals surface area contributed by atoms with Gasteiger partial charge in [0.25, 0.3) is 0 Å². The molecule has 0 amide bonds. The summed E-state index contributed by atoms with van der Waals surface area (Å²) in [7, 11) is 0. The third-order valence-corrected chi connectivity index (χ3v) is 4.88. The van der Waals surface area contributed by atoms with Crippen molar-refractivity contribution in [1.82, 2.24) is 0 Å². The summed E-state index contributed by atoms with van der Waals surface area (Å²) >= 11 is 0. The molecule has 0 bridgehead atoms. The lowest BCUT2D eigenvalue weighted by molar-refractivity contribution is 0.619. The first-order valence-corrected chi connectivity index (χ1v) is 8.74. The third-order valence-electron chi connectivity index (χ3n) is 4.88. The minimum Gasteiger partial charge on any atom is -0.207 e. The molecule has 0 spiro atoms. The molecule has 0 saturated heterocycles. The molecule has 126 valence electrons. The predicted molar refractivity (Wildman–Crippen MR) is 105 cm³/mol. The van der Waals surface area contributed by atoms with E-state index in [0.717, 1.165) is 22.3 Å². The second kappa shape index (κ2) is 6.97. The largest absolute Gasteiger partial charge is 0.207 e. The van der Waals surface area contributed by atoms with Crippen LogP contribution in [0.2, 0.25) is 0 Å². The van der Waals surface area contributed by atoms with E-state index in [1.54, 1.807) is 12.1 Å². The molecule has 0 N–H and O–H groups in total. The van der Waals surface area contributed by atoms with Gasteiger partial charge in [0.2, 0.25) is 0 Å². The average Bonchev–Trinajstić information content (AvgIpc) is 2.71. The van der Waals surface area contributed by atoms with Crippen LogP contribution in [0.3, 0.4) is 0 Å². The highest BCUT2D eigenvalue weighted by atomic mass is 19.1. The molecule has 0 aromatic heterocycles. The summed E-state index contributed by atoms with van der Waals surface area (Å²) in [6.45, 7) is 0. The second-order valence-electron chi connectivity index (χ2n) is 6.36. The average molecular weight is 338 g/mol. The van der Waals surface area contributed by atoms with Gasteiger partial charge in [-0.2, -0.15) is 0 Å². The van der Waals surface area contributed by atoms with Crippen molar-refractivity contribution in [1.29, 1.82) is 0 Å². The molecule has 4 aromatic rings. The third kappa shape index (κ3) is 2.72. The second-order valence-corrected chi connectivity index (χ2v) is 6.36. The lowest BCUT2D eigenvalue weighted by Gasteiger charge is -2.36. The summed E-state index contributed by atoms with van der Waals surface area (Å²) in [5.41, 5.74) is 3.68. The van der Waals surface area contributed by atoms with E-state index in [2.05, 4.69) is 36.4 Å². The molecule has 26 heavy (non-hydrogen) atoms. The van der Waals surface area contributed by atoms with Crippen LogP contribution in [-0.4, -0.2) is 0 Å². The Hall–Kier alpha value is -3.19. The van der Waals surface area contributed by atoms with Gasteiger partial charge in [-0.15, -0.1) is 0 Å². The Morgan fingerprint density at radius 3 is 1.19 bits per heavy atom. The molecular formula is C25H19F. The lowest BCUT2D eigenvalue weighted by atomic mass is 9.65. The highest BCUT2D eigenvalue weighted by Gasteiger charge is 2.38. The highest BCUT2D eigenvalue weighted by Crippen LogP contribution is 2.44. The van der Waals surface area contributed by atoms with Crippen LogP contribution in [0.5, 0.6) is 0 Å². The molecule has 0 heterocycles. The summed E-state index contributed by atoms with van der Waals surface area (Å²) < 4.78 is 14.2. The summed E-state index contributed by atoms with van der Waals surface area (Å²) in [5.74, 6) is -0.227. The van der Waals surface area contributed by atoms with Crippen molar-refractivity contribution < 1.29 is 4.39 Å². The molecule has 0 atom stereocenters. The molecule has 0 unspecified atom stereocenters. The van der Waals surface area contributed by atoms with E-state index in [9.17, 15) is 4.39 Å². The van der Waals surface area contributed by atoms with Gasteiger partial charge in [-0.05, 0) is 34.4 Å². The molecule has 0 saturated carbocycles. The zero-order chi connectivity index (χ0) is 17.8. The number of rotatable bonds is 4. The molecule has 0 aliphatic carbocycles. The minimum atomic E-state index is -0.577. The highest BCUT2D eigenvalue weighted by molar-refractivity contribution is 5.59. The smallest absolute Gasteiger partial charge is 0.123 e. The van der Waals surface area contributed by atoms with Crippen LogP contribution >= 0.6 is 0 Å². The molecule has 0 aliphatic rings. The normalized spacial score (nSPS) is 11.3. The fraction of sp³-hybridized carbons (Fsp3) is 0.0400. The molecule has 0 radical (unpaired) electrons. The Bertz CT molecular complexity index is 879. The van der Waals surface area contributed by atoms with Crippen molar-refractivity contribution in [3.8, 4) is 0 Å². The van der Waals surface area contributed by atoms with Gasteiger partial charge in [0.05, 0.1) is 5.41 Å². The topological polar surface area (TPSA) is 0 Å². The maximum atomic E-state index is 14.2. The van der Waals surface area contributed by atoms with E-state index in [1.165, 1.54) is 6.07 Å². The van der Waals surface area contributed by atoms with Gasteiger partial charge in [0.1, 0.15) is 5.82 Å². The van der Waals surface area contributed by atoms with Gasteiger partial charge >= 0.3 is 0 Å². The summed E-state index contributed by atoms with van der Waals surface area (Å²) in [6.07, 6.45) is 0. The van der Waals surface area contributed by atoms with E-state index in [0.29, 0.717) is 0 Å². The maximum Gasteiger partial charge on any atom is 0.123 e. The van der Waals surface area contributed by atoms with Crippen molar-refractivity contribution in [3.05, 3.63) is 143 Å². The van der Waals surface area contributed by atoms with E-state index < -0.39 is 5.41 Å². The number of hydrogen-bond acceptors (Lipinski definition) is 0. The van der Waals surface area contributed by atoms with Crippen LogP contribution in [0.4, 0.5) is 4.39 Å². The monoisotopic (exact) mass is 338 g/mol. The first kappa shape index (κ1) is 16.3. The zero-order valence-electron chi connectivity index (χ0n) is 14.3. The van der Waals surface area contributed by atoms with Crippen LogP contribution in [0, 0.1) is 5.82 Å². The molecular weight excluding hydrogens is 319 g/mol. The Morgan fingerprint density at radius 1 is 0.423 bits per heavy atom. The van der Waals surface area contributed by atoms with E-state index in [-0.39, 0.29) is 5.82 Å². The Morgan fingerprint density at radius 2 is 0.808 bits per heavy atom. The van der Waals surface area contributed by atoms with Crippen LogP contribution in [0.1, 0.15) is 22.3 Å². The number of benzene rings is 4. The van der Waals surface area contributed by atoms with Crippen molar-refractivity contribution in [2.45, 2.75) is 5.41 Å². The van der Waals surface area contributed by atoms with Crippen molar-refractivity contribution in [3.63, 3.8) is 0 Å². The van der Waals surface area contributed by atoms with Gasteiger partial charge in [0, 0.05) is 0 Å². The first-order chi connectivity index (χ1) is 12.8. The summed E-state index contributed by atoms with van der Waals surface area (Å²) in [4.78, 5) is 0. The molecule has 1 heteroatoms. The quantitative estimate of drug-likeness (QED) is 0.388. The van der Waals surface area contributed by atoms with E-state index >= 15 is 0 Å². The minimum absolute atomic E-state index is 0.227. The van der Waals surface area contributed by atoms with Gasteiger partial charge < -0.3 is 0 Å². The zero-order valence-corrected chi connectivity index (χ0v) is 14.3. The number of hydrogen-bond donors (Lipinski definition) is 0. The Balaban J connectivity index is 2.14. The van der Waals surface area contributed by atoms with Gasteiger partial charge in [-0.1, -0.05) is 103 Å². The first-order valence-electron chi connectivity index (χ1n) is 8.74. The Kier molecular flexibility index (Phi) is 4.37. The van der Waals surface area contributed by atoms with Crippen LogP contribution in [0.15, 0.2) is 115 Å². The standard InChI is InChI=1S/C25H19F/c26-24-18-10-17-23(19-24)25(20-11-4-1-5-12-20,21-13-6-2-7-14-21)22-15-8-3-9-16-22/h1-19H. The molecule has 4 rings (SSSR count). The van der Waals surface area contributed by atoms with Gasteiger partial charge in [0.15, 0.2) is 0 Å². The summed E-state index contributed by atoms with van der Waals surface area (Å²) in [5, 5.41) is 0. The number of halogens is 1. The van der Waals surface area contributed by atoms with Crippen LogP contribution in [-0.2, 0) is 5.41 Å². The maximum absolute atomic E-state index is 14.2. The lowest BCUT2D eigenvalue weighted by Crippen LogP contribution is -2.31. The van der Waals surface area contributed by atoms with Crippen LogP contribution < -0.4 is 0 Å². The molecule has 0 aliphatic heterocycles. The molecule has 4 aromatic carbocycles. The van der Waals surface area contributed by atoms with Crippen molar-refractivity contribution in [2.24, 2.45) is 0 Å². The van der Waals surface area contributed by atoms with Crippen LogP contribution in [0.25, 0.3) is 0 Å². The fourth-order valence-corrected chi connectivity index (χ4v) is 3.79. The fourth-order valence-electron chi connectivity index (χ4n) is 3.79. The molecule has 0 fully saturated rings.